The first-order valence-corrected chi connectivity index (χ1v) is 11.0. The van der Waals surface area contributed by atoms with Crippen molar-refractivity contribution in [3.05, 3.63) is 59.1 Å². The first kappa shape index (κ1) is 23.8. The lowest BCUT2D eigenvalue weighted by Gasteiger charge is -2.34. The summed E-state index contributed by atoms with van der Waals surface area (Å²) < 4.78 is 23.6. The Hall–Kier alpha value is -1.83. The molecule has 1 saturated heterocycles. The number of ether oxygens (including phenoxy) is 4. The van der Waals surface area contributed by atoms with E-state index in [-0.39, 0.29) is 0 Å². The van der Waals surface area contributed by atoms with Gasteiger partial charge in [-0.2, -0.15) is 0 Å². The van der Waals surface area contributed by atoms with Gasteiger partial charge in [0, 0.05) is 38.3 Å². The number of hydrogen-bond donors (Lipinski definition) is 0. The fourth-order valence-corrected chi connectivity index (χ4v) is 3.64. The Bertz CT molecular complexity index is 802. The highest BCUT2D eigenvalue weighted by molar-refractivity contribution is 6.30. The zero-order valence-corrected chi connectivity index (χ0v) is 19.4. The van der Waals surface area contributed by atoms with Crippen molar-refractivity contribution >= 4 is 11.6 Å². The summed E-state index contributed by atoms with van der Waals surface area (Å²) in [7, 11) is 5.79. The zero-order valence-electron chi connectivity index (χ0n) is 18.7. The Morgan fingerprint density at radius 2 is 1.90 bits per heavy atom. The zero-order chi connectivity index (χ0) is 22.1. The molecule has 0 spiro atoms. The molecule has 1 aliphatic rings. The molecule has 1 fully saturated rings. The summed E-state index contributed by atoms with van der Waals surface area (Å²) in [5.41, 5.74) is 0.677. The van der Waals surface area contributed by atoms with Crippen LogP contribution in [0.4, 0.5) is 0 Å². The van der Waals surface area contributed by atoms with E-state index in [1.807, 2.05) is 50.5 Å². The van der Waals surface area contributed by atoms with E-state index in [4.69, 9.17) is 30.5 Å². The van der Waals surface area contributed by atoms with Crippen molar-refractivity contribution in [3.63, 3.8) is 0 Å². The van der Waals surface area contributed by atoms with E-state index in [0.29, 0.717) is 38.0 Å². The van der Waals surface area contributed by atoms with E-state index >= 15 is 0 Å². The van der Waals surface area contributed by atoms with Gasteiger partial charge in [-0.1, -0.05) is 29.8 Å². The van der Waals surface area contributed by atoms with Crippen molar-refractivity contribution < 1.29 is 18.9 Å². The molecule has 6 nitrogen and oxygen atoms in total. The normalized spacial score (nSPS) is 19.9. The van der Waals surface area contributed by atoms with Crippen LogP contribution < -0.4 is 9.47 Å². The Kier molecular flexibility index (Phi) is 8.99. The molecule has 2 aromatic rings. The van der Waals surface area contributed by atoms with Crippen molar-refractivity contribution in [2.75, 3.05) is 67.3 Å². The average Bonchev–Trinajstić information content (AvgIpc) is 2.96. The maximum Gasteiger partial charge on any atom is 0.137 e. The molecule has 0 bridgehead atoms. The Balaban J connectivity index is 1.58. The molecule has 31 heavy (non-hydrogen) atoms. The summed E-state index contributed by atoms with van der Waals surface area (Å²) in [5, 5.41) is 0.650. The monoisotopic (exact) mass is 448 g/mol. The fraction of sp³-hybridized carbons (Fsp3) is 0.500. The van der Waals surface area contributed by atoms with Crippen LogP contribution in [0, 0.1) is 0 Å². The second-order valence-corrected chi connectivity index (χ2v) is 8.63. The molecule has 2 aromatic carbocycles. The van der Waals surface area contributed by atoms with Crippen LogP contribution in [0.3, 0.4) is 0 Å². The van der Waals surface area contributed by atoms with E-state index in [2.05, 4.69) is 21.9 Å². The molecular formula is C24H33ClN2O4. The van der Waals surface area contributed by atoms with Gasteiger partial charge in [0.05, 0.1) is 13.2 Å². The van der Waals surface area contributed by atoms with Gasteiger partial charge >= 0.3 is 0 Å². The Labute approximate surface area is 190 Å². The topological polar surface area (TPSA) is 43.4 Å². The second kappa shape index (κ2) is 11.7. The van der Waals surface area contributed by atoms with Crippen LogP contribution in [0.5, 0.6) is 11.5 Å². The highest BCUT2D eigenvalue weighted by Gasteiger charge is 2.36. The number of rotatable bonds is 10. The molecule has 3 rings (SSSR count). The van der Waals surface area contributed by atoms with Gasteiger partial charge in [-0.15, -0.1) is 0 Å². The van der Waals surface area contributed by atoms with Crippen LogP contribution in [-0.2, 0) is 16.0 Å². The molecule has 1 aliphatic heterocycles. The number of hydrogen-bond acceptors (Lipinski definition) is 6. The third-order valence-electron chi connectivity index (χ3n) is 5.30. The Morgan fingerprint density at radius 1 is 1.10 bits per heavy atom. The van der Waals surface area contributed by atoms with Gasteiger partial charge in [-0.25, -0.2) is 0 Å². The lowest BCUT2D eigenvalue weighted by atomic mass is 10.1. The van der Waals surface area contributed by atoms with Gasteiger partial charge < -0.3 is 23.8 Å². The van der Waals surface area contributed by atoms with Crippen LogP contribution >= 0.6 is 11.6 Å². The van der Waals surface area contributed by atoms with Gasteiger partial charge in [-0.3, -0.25) is 4.90 Å². The van der Waals surface area contributed by atoms with E-state index in [1.165, 1.54) is 5.56 Å². The average molecular weight is 449 g/mol. The third kappa shape index (κ3) is 7.66. The third-order valence-corrected chi connectivity index (χ3v) is 5.53. The molecule has 170 valence electrons. The first-order chi connectivity index (χ1) is 15.0. The molecule has 0 N–H and O–H groups in total. The predicted molar refractivity (Wildman–Crippen MR) is 123 cm³/mol. The molecular weight excluding hydrogens is 416 g/mol. The van der Waals surface area contributed by atoms with Gasteiger partial charge in [0.25, 0.3) is 0 Å². The van der Waals surface area contributed by atoms with Crippen molar-refractivity contribution in [2.45, 2.75) is 12.1 Å². The van der Waals surface area contributed by atoms with E-state index in [9.17, 15) is 0 Å². The van der Waals surface area contributed by atoms with Crippen molar-refractivity contribution in [1.29, 1.82) is 0 Å². The van der Waals surface area contributed by atoms with Crippen LogP contribution in [0.15, 0.2) is 48.5 Å². The number of nitrogens with zero attached hydrogens (tertiary/aromatic N) is 2. The minimum absolute atomic E-state index is 0.388. The van der Waals surface area contributed by atoms with E-state index in [1.54, 1.807) is 7.11 Å². The first-order valence-electron chi connectivity index (χ1n) is 10.6. The molecule has 7 heteroatoms. The minimum atomic E-state index is -0.548. The smallest absolute Gasteiger partial charge is 0.137 e. The SMILES string of the molecule is COC1(COc2cccc(Cl)c2)COCCN(Cc2ccc(OCCN(C)C)cc2)C1. The molecule has 0 radical (unpaired) electrons. The van der Waals surface area contributed by atoms with Gasteiger partial charge in [0.1, 0.15) is 30.3 Å². The minimum Gasteiger partial charge on any atom is -0.492 e. The summed E-state index contributed by atoms with van der Waals surface area (Å²) in [6.07, 6.45) is 0. The molecule has 0 saturated carbocycles. The summed E-state index contributed by atoms with van der Waals surface area (Å²) in [6.45, 7) is 5.47. The number of halogens is 1. The summed E-state index contributed by atoms with van der Waals surface area (Å²) >= 11 is 6.07. The number of likely N-dealkylation sites (N-methyl/N-ethyl adjacent to an activating group) is 1. The Morgan fingerprint density at radius 3 is 2.61 bits per heavy atom. The lowest BCUT2D eigenvalue weighted by molar-refractivity contribution is -0.0925. The fourth-order valence-electron chi connectivity index (χ4n) is 3.46. The van der Waals surface area contributed by atoms with E-state index < -0.39 is 5.60 Å². The van der Waals surface area contributed by atoms with Crippen LogP contribution in [0.1, 0.15) is 5.56 Å². The van der Waals surface area contributed by atoms with Crippen LogP contribution in [0.2, 0.25) is 5.02 Å². The largest absolute Gasteiger partial charge is 0.492 e. The molecule has 0 amide bonds. The van der Waals surface area contributed by atoms with E-state index in [0.717, 1.165) is 31.1 Å². The predicted octanol–water partition coefficient (Wildman–Crippen LogP) is 3.58. The molecule has 1 atom stereocenters. The van der Waals surface area contributed by atoms with Gasteiger partial charge in [0.2, 0.25) is 0 Å². The standard InChI is InChI=1S/C24H33ClN2O4/c1-26(2)11-14-30-22-9-7-20(8-10-22)16-27-12-13-29-18-24(17-27,28-3)19-31-23-6-4-5-21(25)15-23/h4-10,15H,11-14,16-19H2,1-3H3. The molecule has 1 unspecified atom stereocenters. The second-order valence-electron chi connectivity index (χ2n) is 8.19. The number of methoxy groups -OCH3 is 1. The quantitative estimate of drug-likeness (QED) is 0.553. The van der Waals surface area contributed by atoms with Crippen molar-refractivity contribution in [3.8, 4) is 11.5 Å². The van der Waals surface area contributed by atoms with Crippen molar-refractivity contribution in [1.82, 2.24) is 9.80 Å². The summed E-state index contributed by atoms with van der Waals surface area (Å²) in [6, 6.07) is 15.7. The highest BCUT2D eigenvalue weighted by atomic mass is 35.5. The van der Waals surface area contributed by atoms with Crippen molar-refractivity contribution in [2.24, 2.45) is 0 Å². The van der Waals surface area contributed by atoms with Gasteiger partial charge in [-0.05, 0) is 50.0 Å². The molecule has 1 heterocycles. The number of benzene rings is 2. The summed E-state index contributed by atoms with van der Waals surface area (Å²) in [4.78, 5) is 4.45. The van der Waals surface area contributed by atoms with Gasteiger partial charge in [0.15, 0.2) is 0 Å². The highest BCUT2D eigenvalue weighted by Crippen LogP contribution is 2.23. The maximum atomic E-state index is 6.07. The van der Waals surface area contributed by atoms with Crippen LogP contribution in [0.25, 0.3) is 0 Å². The molecule has 0 aliphatic carbocycles. The molecule has 0 aromatic heterocycles. The van der Waals surface area contributed by atoms with Crippen LogP contribution in [-0.4, -0.2) is 82.7 Å². The summed E-state index contributed by atoms with van der Waals surface area (Å²) in [5.74, 6) is 1.62. The lowest BCUT2D eigenvalue weighted by Crippen LogP contribution is -2.50. The maximum absolute atomic E-state index is 6.07.